The molecule has 1 aliphatic rings. The van der Waals surface area contributed by atoms with Gasteiger partial charge >= 0.3 is 0 Å². The second kappa shape index (κ2) is 3.05. The Labute approximate surface area is 73.4 Å². The Bertz CT molecular complexity index is 187. The molecule has 1 saturated heterocycles. The zero-order chi connectivity index (χ0) is 9.35. The minimum Gasteiger partial charge on any atom is -0.388 e. The van der Waals surface area contributed by atoms with Crippen LogP contribution in [0.4, 0.5) is 0 Å². The number of carbonyl (C=O) groups excluding carboxylic acids is 1. The lowest BCUT2D eigenvalue weighted by atomic mass is 10.1. The van der Waals surface area contributed by atoms with E-state index in [9.17, 15) is 9.90 Å². The molecule has 0 spiro atoms. The monoisotopic (exact) mass is 171 g/mol. The third kappa shape index (κ3) is 1.97. The maximum atomic E-state index is 11.4. The largest absolute Gasteiger partial charge is 0.388 e. The lowest BCUT2D eigenvalue weighted by Crippen LogP contribution is -2.36. The first-order valence-corrected chi connectivity index (χ1v) is 4.43. The van der Waals surface area contributed by atoms with Crippen molar-refractivity contribution in [1.82, 2.24) is 4.90 Å². The highest BCUT2D eigenvalue weighted by atomic mass is 16.3. The molecule has 1 amide bonds. The Hall–Kier alpha value is -0.570. The maximum absolute atomic E-state index is 11.4. The highest BCUT2D eigenvalue weighted by Gasteiger charge is 2.34. The topological polar surface area (TPSA) is 40.5 Å². The Morgan fingerprint density at radius 1 is 1.58 bits per heavy atom. The number of carbonyl (C=O) groups is 1. The number of aliphatic hydroxyl groups is 1. The molecule has 3 nitrogen and oxygen atoms in total. The molecular weight excluding hydrogens is 154 g/mol. The molecule has 3 heteroatoms. The molecule has 1 atom stereocenters. The summed E-state index contributed by atoms with van der Waals surface area (Å²) in [5, 5.41) is 9.60. The Morgan fingerprint density at radius 3 is 2.50 bits per heavy atom. The molecule has 0 aromatic heterocycles. The molecule has 0 aromatic carbocycles. The highest BCUT2D eigenvalue weighted by molar-refractivity contribution is 5.78. The molecule has 1 fully saturated rings. The van der Waals surface area contributed by atoms with Crippen molar-refractivity contribution in [3.63, 3.8) is 0 Å². The highest BCUT2D eigenvalue weighted by Crippen LogP contribution is 2.21. The fraction of sp³-hybridized carbons (Fsp3) is 0.889. The third-order valence-corrected chi connectivity index (χ3v) is 2.26. The predicted molar refractivity (Wildman–Crippen MR) is 46.7 cm³/mol. The summed E-state index contributed by atoms with van der Waals surface area (Å²) in [6.07, 6.45) is 0.700. The van der Waals surface area contributed by atoms with E-state index < -0.39 is 5.60 Å². The first kappa shape index (κ1) is 9.52. The van der Waals surface area contributed by atoms with Crippen LogP contribution in [0.15, 0.2) is 0 Å². The van der Waals surface area contributed by atoms with E-state index in [1.807, 2.05) is 13.8 Å². The van der Waals surface area contributed by atoms with E-state index in [0.29, 0.717) is 19.5 Å². The van der Waals surface area contributed by atoms with Gasteiger partial charge in [0.15, 0.2) is 0 Å². The number of amides is 1. The van der Waals surface area contributed by atoms with Gasteiger partial charge in [-0.15, -0.1) is 0 Å². The van der Waals surface area contributed by atoms with E-state index in [1.165, 1.54) is 0 Å². The average molecular weight is 171 g/mol. The minimum atomic E-state index is -0.662. The van der Waals surface area contributed by atoms with E-state index >= 15 is 0 Å². The number of rotatable bonds is 1. The smallest absolute Gasteiger partial charge is 0.225 e. The Kier molecular flexibility index (Phi) is 2.42. The molecule has 1 rings (SSSR count). The first-order valence-electron chi connectivity index (χ1n) is 4.43. The summed E-state index contributed by atoms with van der Waals surface area (Å²) in [7, 11) is 0. The van der Waals surface area contributed by atoms with E-state index in [2.05, 4.69) is 0 Å². The number of hydrogen-bond acceptors (Lipinski definition) is 2. The van der Waals surface area contributed by atoms with Crippen LogP contribution in [0, 0.1) is 5.92 Å². The quantitative estimate of drug-likeness (QED) is 0.628. The van der Waals surface area contributed by atoms with Gasteiger partial charge in [-0.05, 0) is 13.3 Å². The molecular formula is C9H17NO2. The average Bonchev–Trinajstić information content (AvgIpc) is 2.28. The molecule has 1 heterocycles. The van der Waals surface area contributed by atoms with Crippen molar-refractivity contribution >= 4 is 5.91 Å². The van der Waals surface area contributed by atoms with Gasteiger partial charge < -0.3 is 10.0 Å². The zero-order valence-electron chi connectivity index (χ0n) is 8.00. The number of β-amino-alcohol motifs (C(OH)–C–C–N with tert-alkyl or cyclic N) is 1. The second-order valence-corrected chi connectivity index (χ2v) is 4.16. The fourth-order valence-electron chi connectivity index (χ4n) is 1.50. The fourth-order valence-corrected chi connectivity index (χ4v) is 1.50. The van der Waals surface area contributed by atoms with Gasteiger partial charge in [0.05, 0.1) is 5.60 Å². The van der Waals surface area contributed by atoms with Gasteiger partial charge in [-0.3, -0.25) is 4.79 Å². The molecule has 0 aliphatic carbocycles. The predicted octanol–water partition coefficient (Wildman–Crippen LogP) is 0.626. The van der Waals surface area contributed by atoms with Crippen LogP contribution in [0.25, 0.3) is 0 Å². The van der Waals surface area contributed by atoms with Crippen molar-refractivity contribution in [3.8, 4) is 0 Å². The van der Waals surface area contributed by atoms with Crippen LogP contribution < -0.4 is 0 Å². The Morgan fingerprint density at radius 2 is 2.17 bits per heavy atom. The van der Waals surface area contributed by atoms with E-state index in [0.717, 1.165) is 0 Å². The van der Waals surface area contributed by atoms with E-state index in [4.69, 9.17) is 0 Å². The van der Waals surface area contributed by atoms with Crippen molar-refractivity contribution in [2.45, 2.75) is 32.8 Å². The molecule has 1 N–H and O–H groups in total. The lowest BCUT2D eigenvalue weighted by molar-refractivity contribution is -0.134. The van der Waals surface area contributed by atoms with Gasteiger partial charge in [0.2, 0.25) is 5.91 Å². The molecule has 12 heavy (non-hydrogen) atoms. The molecule has 70 valence electrons. The summed E-state index contributed by atoms with van der Waals surface area (Å²) in [6, 6.07) is 0. The molecule has 0 aromatic rings. The van der Waals surface area contributed by atoms with Crippen LogP contribution in [0.1, 0.15) is 27.2 Å². The molecule has 0 radical (unpaired) electrons. The van der Waals surface area contributed by atoms with Gasteiger partial charge in [0, 0.05) is 19.0 Å². The summed E-state index contributed by atoms with van der Waals surface area (Å²) in [5.74, 6) is 0.187. The Balaban J connectivity index is 2.53. The van der Waals surface area contributed by atoms with Crippen LogP contribution in [-0.4, -0.2) is 34.6 Å². The summed E-state index contributed by atoms with van der Waals surface area (Å²) in [6.45, 7) is 6.74. The second-order valence-electron chi connectivity index (χ2n) is 4.16. The van der Waals surface area contributed by atoms with Crippen molar-refractivity contribution in [3.05, 3.63) is 0 Å². The minimum absolute atomic E-state index is 0.0406. The van der Waals surface area contributed by atoms with Gasteiger partial charge in [-0.25, -0.2) is 0 Å². The first-order chi connectivity index (χ1) is 5.42. The van der Waals surface area contributed by atoms with Crippen molar-refractivity contribution in [2.75, 3.05) is 13.1 Å². The molecule has 1 aliphatic heterocycles. The number of hydrogen-bond donors (Lipinski definition) is 1. The SMILES string of the molecule is CC(C)C(=O)N1CCC(C)(O)C1. The molecule has 1 unspecified atom stereocenters. The third-order valence-electron chi connectivity index (χ3n) is 2.26. The van der Waals surface area contributed by atoms with Crippen LogP contribution in [0.2, 0.25) is 0 Å². The maximum Gasteiger partial charge on any atom is 0.225 e. The number of likely N-dealkylation sites (tertiary alicyclic amines) is 1. The van der Waals surface area contributed by atoms with Gasteiger partial charge in [-0.1, -0.05) is 13.8 Å². The zero-order valence-corrected chi connectivity index (χ0v) is 8.00. The van der Waals surface area contributed by atoms with Crippen LogP contribution >= 0.6 is 0 Å². The summed E-state index contributed by atoms with van der Waals surface area (Å²) >= 11 is 0. The van der Waals surface area contributed by atoms with Gasteiger partial charge in [0.25, 0.3) is 0 Å². The van der Waals surface area contributed by atoms with Crippen LogP contribution in [0.5, 0.6) is 0 Å². The van der Waals surface area contributed by atoms with Gasteiger partial charge in [0.1, 0.15) is 0 Å². The van der Waals surface area contributed by atoms with Crippen LogP contribution in [0.3, 0.4) is 0 Å². The van der Waals surface area contributed by atoms with Crippen molar-refractivity contribution < 1.29 is 9.90 Å². The lowest BCUT2D eigenvalue weighted by Gasteiger charge is -2.20. The summed E-state index contributed by atoms with van der Waals surface area (Å²) in [5.41, 5.74) is -0.662. The van der Waals surface area contributed by atoms with Crippen LogP contribution in [-0.2, 0) is 4.79 Å². The van der Waals surface area contributed by atoms with E-state index in [1.54, 1.807) is 11.8 Å². The van der Waals surface area contributed by atoms with Gasteiger partial charge in [-0.2, -0.15) is 0 Å². The molecule has 0 bridgehead atoms. The standard InChI is InChI=1S/C9H17NO2/c1-7(2)8(11)10-5-4-9(3,12)6-10/h7,12H,4-6H2,1-3H3. The number of nitrogens with zero attached hydrogens (tertiary/aromatic N) is 1. The van der Waals surface area contributed by atoms with E-state index in [-0.39, 0.29) is 11.8 Å². The van der Waals surface area contributed by atoms with Crippen molar-refractivity contribution in [1.29, 1.82) is 0 Å². The normalized spacial score (nSPS) is 29.9. The summed E-state index contributed by atoms with van der Waals surface area (Å²) < 4.78 is 0. The van der Waals surface area contributed by atoms with Crippen molar-refractivity contribution in [2.24, 2.45) is 5.92 Å². The molecule has 0 saturated carbocycles. The summed E-state index contributed by atoms with van der Waals surface area (Å²) in [4.78, 5) is 13.2.